The lowest BCUT2D eigenvalue weighted by Crippen LogP contribution is -2.33. The first-order chi connectivity index (χ1) is 10.9. The molecule has 0 unspecified atom stereocenters. The molecule has 1 fully saturated rings. The predicted molar refractivity (Wildman–Crippen MR) is 88.3 cm³/mol. The average molecular weight is 354 g/mol. The SMILES string of the molecule is Cc1ccc(CN(C2CC2)S(=O)(=O)c2cccc(Cl)c2F)cc1. The van der Waals surface area contributed by atoms with E-state index in [9.17, 15) is 12.8 Å². The Labute approximate surface area is 140 Å². The lowest BCUT2D eigenvalue weighted by molar-refractivity contribution is 0.395. The monoisotopic (exact) mass is 353 g/mol. The van der Waals surface area contributed by atoms with Crippen molar-refractivity contribution in [1.29, 1.82) is 0 Å². The largest absolute Gasteiger partial charge is 0.246 e. The van der Waals surface area contributed by atoms with Crippen molar-refractivity contribution in [2.75, 3.05) is 0 Å². The van der Waals surface area contributed by atoms with E-state index in [0.717, 1.165) is 24.0 Å². The Kier molecular flexibility index (Phi) is 4.45. The number of nitrogens with zero attached hydrogens (tertiary/aromatic N) is 1. The summed E-state index contributed by atoms with van der Waals surface area (Å²) in [7, 11) is -3.93. The Hall–Kier alpha value is -1.43. The molecule has 0 heterocycles. The summed E-state index contributed by atoms with van der Waals surface area (Å²) in [5, 5.41) is -0.183. The van der Waals surface area contributed by atoms with Gasteiger partial charge in [0.15, 0.2) is 5.82 Å². The highest BCUT2D eigenvalue weighted by Crippen LogP contribution is 2.35. The summed E-state index contributed by atoms with van der Waals surface area (Å²) in [6.45, 7) is 2.21. The van der Waals surface area contributed by atoms with E-state index in [1.165, 1.54) is 22.5 Å². The molecular formula is C17H17ClFNO2S. The van der Waals surface area contributed by atoms with E-state index < -0.39 is 15.8 Å². The minimum absolute atomic E-state index is 0.0697. The minimum Gasteiger partial charge on any atom is -0.207 e. The van der Waals surface area contributed by atoms with Crippen LogP contribution >= 0.6 is 11.6 Å². The van der Waals surface area contributed by atoms with Crippen LogP contribution in [0, 0.1) is 12.7 Å². The summed E-state index contributed by atoms with van der Waals surface area (Å²) in [5.41, 5.74) is 1.99. The van der Waals surface area contributed by atoms with E-state index in [1.807, 2.05) is 31.2 Å². The molecule has 2 aromatic carbocycles. The van der Waals surface area contributed by atoms with Gasteiger partial charge in [0.2, 0.25) is 10.0 Å². The molecule has 2 aromatic rings. The first-order valence-corrected chi connectivity index (χ1v) is 9.23. The van der Waals surface area contributed by atoms with Crippen LogP contribution in [0.2, 0.25) is 5.02 Å². The number of aryl methyl sites for hydroxylation is 1. The lowest BCUT2D eigenvalue weighted by Gasteiger charge is -2.22. The van der Waals surface area contributed by atoms with Crippen LogP contribution in [-0.2, 0) is 16.6 Å². The molecule has 0 spiro atoms. The standard InChI is InChI=1S/C17H17ClFNO2S/c1-12-5-7-13(8-6-12)11-20(14-9-10-14)23(21,22)16-4-2-3-15(18)17(16)19/h2-8,14H,9-11H2,1H3. The van der Waals surface area contributed by atoms with Crippen molar-refractivity contribution in [3.63, 3.8) is 0 Å². The van der Waals surface area contributed by atoms with Crippen LogP contribution in [0.15, 0.2) is 47.4 Å². The van der Waals surface area contributed by atoms with Crippen LogP contribution in [-0.4, -0.2) is 18.8 Å². The summed E-state index contributed by atoms with van der Waals surface area (Å²) < 4.78 is 41.3. The maximum absolute atomic E-state index is 14.2. The van der Waals surface area contributed by atoms with E-state index in [0.29, 0.717) is 0 Å². The maximum atomic E-state index is 14.2. The van der Waals surface area contributed by atoms with Gasteiger partial charge in [-0.25, -0.2) is 12.8 Å². The quantitative estimate of drug-likeness (QED) is 0.810. The van der Waals surface area contributed by atoms with Gasteiger partial charge >= 0.3 is 0 Å². The fourth-order valence-electron chi connectivity index (χ4n) is 2.46. The third kappa shape index (κ3) is 3.42. The first kappa shape index (κ1) is 16.4. The van der Waals surface area contributed by atoms with Gasteiger partial charge in [0.05, 0.1) is 5.02 Å². The molecule has 1 aliphatic rings. The number of rotatable bonds is 5. The summed E-state index contributed by atoms with van der Waals surface area (Å²) >= 11 is 5.74. The van der Waals surface area contributed by atoms with Gasteiger partial charge in [-0.2, -0.15) is 4.31 Å². The molecular weight excluding hydrogens is 337 g/mol. The van der Waals surface area contributed by atoms with E-state index in [2.05, 4.69) is 0 Å². The number of benzene rings is 2. The van der Waals surface area contributed by atoms with Crippen LogP contribution in [0.25, 0.3) is 0 Å². The van der Waals surface area contributed by atoms with Crippen molar-refractivity contribution < 1.29 is 12.8 Å². The first-order valence-electron chi connectivity index (χ1n) is 7.41. The number of sulfonamides is 1. The van der Waals surface area contributed by atoms with E-state index >= 15 is 0 Å². The predicted octanol–water partition coefficient (Wildman–Crippen LogP) is 4.14. The molecule has 0 N–H and O–H groups in total. The Morgan fingerprint density at radius 2 is 1.83 bits per heavy atom. The Bertz CT molecular complexity index is 817. The van der Waals surface area contributed by atoms with Crippen molar-refractivity contribution in [1.82, 2.24) is 4.31 Å². The van der Waals surface area contributed by atoms with Crippen molar-refractivity contribution in [3.8, 4) is 0 Å². The van der Waals surface area contributed by atoms with Crippen molar-refractivity contribution >= 4 is 21.6 Å². The van der Waals surface area contributed by atoms with Crippen LogP contribution in [0.3, 0.4) is 0 Å². The van der Waals surface area contributed by atoms with E-state index in [4.69, 9.17) is 11.6 Å². The second-order valence-electron chi connectivity index (χ2n) is 5.82. The van der Waals surface area contributed by atoms with Crippen LogP contribution < -0.4 is 0 Å². The van der Waals surface area contributed by atoms with Crippen molar-refractivity contribution in [2.45, 2.75) is 37.2 Å². The Balaban J connectivity index is 1.97. The molecule has 0 aliphatic heterocycles. The molecule has 3 rings (SSSR count). The molecule has 1 saturated carbocycles. The Morgan fingerprint density at radius 1 is 1.17 bits per heavy atom. The summed E-state index contributed by atoms with van der Waals surface area (Å²) in [6.07, 6.45) is 1.60. The van der Waals surface area contributed by atoms with Gasteiger partial charge in [0.1, 0.15) is 4.90 Å². The number of halogens is 2. The van der Waals surface area contributed by atoms with Gasteiger partial charge in [-0.1, -0.05) is 47.5 Å². The zero-order chi connectivity index (χ0) is 16.6. The molecule has 0 atom stereocenters. The lowest BCUT2D eigenvalue weighted by atomic mass is 10.1. The van der Waals surface area contributed by atoms with Gasteiger partial charge in [0.25, 0.3) is 0 Å². The van der Waals surface area contributed by atoms with E-state index in [-0.39, 0.29) is 22.5 Å². The average Bonchev–Trinajstić information content (AvgIpc) is 3.33. The molecule has 0 amide bonds. The van der Waals surface area contributed by atoms with Crippen molar-refractivity contribution in [2.24, 2.45) is 0 Å². The summed E-state index contributed by atoms with van der Waals surface area (Å²) in [4.78, 5) is -0.357. The summed E-state index contributed by atoms with van der Waals surface area (Å²) in [5.74, 6) is -0.885. The molecule has 0 saturated heterocycles. The molecule has 0 aromatic heterocycles. The van der Waals surface area contributed by atoms with Gasteiger partial charge < -0.3 is 0 Å². The summed E-state index contributed by atoms with van der Waals surface area (Å²) in [6, 6.07) is 11.7. The topological polar surface area (TPSA) is 37.4 Å². The Morgan fingerprint density at radius 3 is 2.43 bits per heavy atom. The molecule has 23 heavy (non-hydrogen) atoms. The van der Waals surface area contributed by atoms with Gasteiger partial charge in [-0.3, -0.25) is 0 Å². The van der Waals surface area contributed by atoms with Crippen LogP contribution in [0.5, 0.6) is 0 Å². The molecule has 0 bridgehead atoms. The van der Waals surface area contributed by atoms with Gasteiger partial charge in [-0.15, -0.1) is 0 Å². The van der Waals surface area contributed by atoms with Crippen molar-refractivity contribution in [3.05, 3.63) is 64.4 Å². The van der Waals surface area contributed by atoms with Crippen LogP contribution in [0.1, 0.15) is 24.0 Å². The maximum Gasteiger partial charge on any atom is 0.246 e. The fourth-order valence-corrected chi connectivity index (χ4v) is 4.45. The zero-order valence-corrected chi connectivity index (χ0v) is 14.2. The molecule has 3 nitrogen and oxygen atoms in total. The highest BCUT2D eigenvalue weighted by molar-refractivity contribution is 7.89. The van der Waals surface area contributed by atoms with E-state index in [1.54, 1.807) is 0 Å². The second kappa shape index (κ2) is 6.23. The van der Waals surface area contributed by atoms with Crippen LogP contribution in [0.4, 0.5) is 4.39 Å². The highest BCUT2D eigenvalue weighted by atomic mass is 35.5. The molecule has 0 radical (unpaired) electrons. The normalized spacial score (nSPS) is 15.1. The highest BCUT2D eigenvalue weighted by Gasteiger charge is 2.39. The number of hydrogen-bond donors (Lipinski definition) is 0. The second-order valence-corrected chi connectivity index (χ2v) is 8.09. The molecule has 6 heteroatoms. The van der Waals surface area contributed by atoms with Gasteiger partial charge in [0, 0.05) is 12.6 Å². The zero-order valence-electron chi connectivity index (χ0n) is 12.7. The smallest absolute Gasteiger partial charge is 0.207 e. The molecule has 122 valence electrons. The third-order valence-corrected chi connectivity index (χ3v) is 6.12. The minimum atomic E-state index is -3.93. The number of hydrogen-bond acceptors (Lipinski definition) is 2. The third-order valence-electron chi connectivity index (χ3n) is 3.92. The molecule has 1 aliphatic carbocycles. The fraction of sp³-hybridized carbons (Fsp3) is 0.294. The van der Waals surface area contributed by atoms with Gasteiger partial charge in [-0.05, 0) is 37.5 Å².